The van der Waals surface area contributed by atoms with Gasteiger partial charge in [-0.1, -0.05) is 0 Å². The molecule has 1 aromatic heterocycles. The molecule has 1 aliphatic carbocycles. The third-order valence-electron chi connectivity index (χ3n) is 2.77. The van der Waals surface area contributed by atoms with E-state index in [0.717, 1.165) is 12.1 Å². The molecule has 0 saturated heterocycles. The molecule has 0 atom stereocenters. The first-order chi connectivity index (χ1) is 7.75. The molecule has 1 amide bonds. The maximum atomic E-state index is 11.7. The minimum absolute atomic E-state index is 0.175. The molecule has 1 saturated carbocycles. The SMILES string of the molecule is CN(Cc1ccoc1)C(=O)CCNC1CC1. The first-order valence-corrected chi connectivity index (χ1v) is 5.74. The van der Waals surface area contributed by atoms with E-state index in [0.29, 0.717) is 19.0 Å². The van der Waals surface area contributed by atoms with Crippen molar-refractivity contribution in [1.29, 1.82) is 0 Å². The van der Waals surface area contributed by atoms with Gasteiger partial charge >= 0.3 is 0 Å². The molecule has 2 rings (SSSR count). The molecule has 16 heavy (non-hydrogen) atoms. The summed E-state index contributed by atoms with van der Waals surface area (Å²) in [6.45, 7) is 1.41. The van der Waals surface area contributed by atoms with Crippen LogP contribution in [0.4, 0.5) is 0 Å². The predicted molar refractivity (Wildman–Crippen MR) is 60.8 cm³/mol. The smallest absolute Gasteiger partial charge is 0.223 e. The van der Waals surface area contributed by atoms with Crippen molar-refractivity contribution in [3.63, 3.8) is 0 Å². The Kier molecular flexibility index (Phi) is 3.62. The Morgan fingerprint density at radius 3 is 3.06 bits per heavy atom. The Hall–Kier alpha value is -1.29. The van der Waals surface area contributed by atoms with Crippen LogP contribution in [0.5, 0.6) is 0 Å². The molecule has 0 bridgehead atoms. The van der Waals surface area contributed by atoms with Crippen molar-refractivity contribution in [2.75, 3.05) is 13.6 Å². The van der Waals surface area contributed by atoms with Gasteiger partial charge in [-0.2, -0.15) is 0 Å². The number of nitrogens with zero attached hydrogens (tertiary/aromatic N) is 1. The van der Waals surface area contributed by atoms with Gasteiger partial charge in [-0.15, -0.1) is 0 Å². The number of carbonyl (C=O) groups excluding carboxylic acids is 1. The van der Waals surface area contributed by atoms with Gasteiger partial charge in [-0.25, -0.2) is 0 Å². The summed E-state index contributed by atoms with van der Waals surface area (Å²) in [5.74, 6) is 0.175. The van der Waals surface area contributed by atoms with Crippen LogP contribution in [0, 0.1) is 0 Å². The van der Waals surface area contributed by atoms with Gasteiger partial charge in [0, 0.05) is 38.2 Å². The van der Waals surface area contributed by atoms with Crippen molar-refractivity contribution in [3.8, 4) is 0 Å². The third-order valence-corrected chi connectivity index (χ3v) is 2.77. The zero-order chi connectivity index (χ0) is 11.4. The fourth-order valence-electron chi connectivity index (χ4n) is 1.61. The number of nitrogens with one attached hydrogen (secondary N) is 1. The maximum Gasteiger partial charge on any atom is 0.223 e. The van der Waals surface area contributed by atoms with E-state index in [-0.39, 0.29) is 5.91 Å². The molecule has 1 heterocycles. The highest BCUT2D eigenvalue weighted by Gasteiger charge is 2.20. The summed E-state index contributed by atoms with van der Waals surface area (Å²) in [5.41, 5.74) is 1.03. The van der Waals surface area contributed by atoms with E-state index >= 15 is 0 Å². The molecule has 1 N–H and O–H groups in total. The molecule has 0 radical (unpaired) electrons. The second kappa shape index (κ2) is 5.16. The Bertz CT molecular complexity index is 331. The van der Waals surface area contributed by atoms with Crippen molar-refractivity contribution < 1.29 is 9.21 Å². The zero-order valence-corrected chi connectivity index (χ0v) is 9.61. The summed E-state index contributed by atoms with van der Waals surface area (Å²) in [4.78, 5) is 13.5. The molecule has 0 aliphatic heterocycles. The molecular weight excluding hydrogens is 204 g/mol. The Morgan fingerprint density at radius 2 is 2.44 bits per heavy atom. The van der Waals surface area contributed by atoms with Gasteiger partial charge in [0.25, 0.3) is 0 Å². The molecule has 0 spiro atoms. The average molecular weight is 222 g/mol. The minimum Gasteiger partial charge on any atom is -0.472 e. The molecule has 88 valence electrons. The quantitative estimate of drug-likeness (QED) is 0.791. The van der Waals surface area contributed by atoms with Gasteiger partial charge in [0.15, 0.2) is 0 Å². The van der Waals surface area contributed by atoms with Crippen LogP contribution >= 0.6 is 0 Å². The number of rotatable bonds is 6. The highest BCUT2D eigenvalue weighted by Crippen LogP contribution is 2.18. The first-order valence-electron chi connectivity index (χ1n) is 5.74. The lowest BCUT2D eigenvalue weighted by atomic mass is 10.3. The second-order valence-electron chi connectivity index (χ2n) is 4.36. The largest absolute Gasteiger partial charge is 0.472 e. The first kappa shape index (κ1) is 11.2. The monoisotopic (exact) mass is 222 g/mol. The van der Waals surface area contributed by atoms with Crippen molar-refractivity contribution in [3.05, 3.63) is 24.2 Å². The Labute approximate surface area is 95.6 Å². The van der Waals surface area contributed by atoms with E-state index in [2.05, 4.69) is 5.32 Å². The minimum atomic E-state index is 0.175. The molecule has 0 unspecified atom stereocenters. The van der Waals surface area contributed by atoms with Crippen LogP contribution in [0.15, 0.2) is 23.0 Å². The van der Waals surface area contributed by atoms with Crippen LogP contribution < -0.4 is 5.32 Å². The van der Waals surface area contributed by atoms with Crippen LogP contribution in [-0.4, -0.2) is 30.4 Å². The number of hydrogen-bond acceptors (Lipinski definition) is 3. The molecular formula is C12H18N2O2. The van der Waals surface area contributed by atoms with Gasteiger partial charge in [-0.3, -0.25) is 4.79 Å². The highest BCUT2D eigenvalue weighted by atomic mass is 16.3. The fourth-order valence-corrected chi connectivity index (χ4v) is 1.61. The normalized spacial score (nSPS) is 15.1. The Balaban J connectivity index is 1.66. The Morgan fingerprint density at radius 1 is 1.62 bits per heavy atom. The van der Waals surface area contributed by atoms with Crippen LogP contribution in [0.25, 0.3) is 0 Å². The standard InChI is InChI=1S/C12H18N2O2/c1-14(8-10-5-7-16-9-10)12(15)4-6-13-11-2-3-11/h5,7,9,11,13H,2-4,6,8H2,1H3. The van der Waals surface area contributed by atoms with E-state index in [4.69, 9.17) is 4.42 Å². The summed E-state index contributed by atoms with van der Waals surface area (Å²) in [6.07, 6.45) is 6.40. The number of amides is 1. The van der Waals surface area contributed by atoms with Crippen LogP contribution in [0.1, 0.15) is 24.8 Å². The lowest BCUT2D eigenvalue weighted by molar-refractivity contribution is -0.130. The van der Waals surface area contributed by atoms with Crippen LogP contribution in [-0.2, 0) is 11.3 Å². The number of hydrogen-bond donors (Lipinski definition) is 1. The highest BCUT2D eigenvalue weighted by molar-refractivity contribution is 5.76. The van der Waals surface area contributed by atoms with Gasteiger partial charge in [-0.05, 0) is 18.9 Å². The summed E-state index contributed by atoms with van der Waals surface area (Å²) in [7, 11) is 1.83. The topological polar surface area (TPSA) is 45.5 Å². The lowest BCUT2D eigenvalue weighted by Gasteiger charge is -2.16. The molecule has 4 nitrogen and oxygen atoms in total. The van der Waals surface area contributed by atoms with E-state index in [9.17, 15) is 4.79 Å². The molecule has 4 heteroatoms. The summed E-state index contributed by atoms with van der Waals surface area (Å²) >= 11 is 0. The van der Waals surface area contributed by atoms with E-state index in [1.165, 1.54) is 12.8 Å². The third kappa shape index (κ3) is 3.38. The number of carbonyl (C=O) groups is 1. The fraction of sp³-hybridized carbons (Fsp3) is 0.583. The molecule has 1 fully saturated rings. The predicted octanol–water partition coefficient (Wildman–Crippen LogP) is 1.38. The molecule has 1 aliphatic rings. The molecule has 1 aromatic rings. The van der Waals surface area contributed by atoms with Crippen molar-refractivity contribution in [2.45, 2.75) is 31.8 Å². The average Bonchev–Trinajstić information content (AvgIpc) is 2.95. The summed E-state index contributed by atoms with van der Waals surface area (Å²) in [5, 5.41) is 3.34. The van der Waals surface area contributed by atoms with Gasteiger partial charge in [0.2, 0.25) is 5.91 Å². The van der Waals surface area contributed by atoms with Gasteiger partial charge < -0.3 is 14.6 Å². The lowest BCUT2D eigenvalue weighted by Crippen LogP contribution is -2.30. The summed E-state index contributed by atoms with van der Waals surface area (Å²) in [6, 6.07) is 2.55. The van der Waals surface area contributed by atoms with Crippen LogP contribution in [0.2, 0.25) is 0 Å². The van der Waals surface area contributed by atoms with Crippen molar-refractivity contribution in [2.24, 2.45) is 0 Å². The zero-order valence-electron chi connectivity index (χ0n) is 9.61. The maximum absolute atomic E-state index is 11.7. The van der Waals surface area contributed by atoms with E-state index in [1.807, 2.05) is 13.1 Å². The molecule has 0 aromatic carbocycles. The van der Waals surface area contributed by atoms with E-state index in [1.54, 1.807) is 17.4 Å². The van der Waals surface area contributed by atoms with Gasteiger partial charge in [0.05, 0.1) is 12.5 Å². The van der Waals surface area contributed by atoms with Gasteiger partial charge in [0.1, 0.15) is 0 Å². The summed E-state index contributed by atoms with van der Waals surface area (Å²) < 4.78 is 4.97. The van der Waals surface area contributed by atoms with Crippen molar-refractivity contribution in [1.82, 2.24) is 10.2 Å². The number of furan rings is 1. The van der Waals surface area contributed by atoms with Crippen LogP contribution in [0.3, 0.4) is 0 Å². The van der Waals surface area contributed by atoms with Crippen molar-refractivity contribution >= 4 is 5.91 Å². The van der Waals surface area contributed by atoms with E-state index < -0.39 is 0 Å². The second-order valence-corrected chi connectivity index (χ2v) is 4.36.